The van der Waals surface area contributed by atoms with Crippen LogP contribution in [0.5, 0.6) is 0 Å². The summed E-state index contributed by atoms with van der Waals surface area (Å²) in [7, 11) is -3.68. The summed E-state index contributed by atoms with van der Waals surface area (Å²) in [6.45, 7) is 1.29. The van der Waals surface area contributed by atoms with Crippen LogP contribution in [0.25, 0.3) is 0 Å². The van der Waals surface area contributed by atoms with Crippen LogP contribution in [0, 0.1) is 5.41 Å². The van der Waals surface area contributed by atoms with Gasteiger partial charge in [0.05, 0.1) is 23.5 Å². The van der Waals surface area contributed by atoms with E-state index in [0.717, 1.165) is 0 Å². The Balaban J connectivity index is 1.72. The van der Waals surface area contributed by atoms with Gasteiger partial charge in [0.15, 0.2) is 0 Å². The molecule has 1 aliphatic heterocycles. The number of carboxylic acids is 1. The number of morpholine rings is 1. The van der Waals surface area contributed by atoms with Crippen LogP contribution in [-0.2, 0) is 19.6 Å². The summed E-state index contributed by atoms with van der Waals surface area (Å²) in [6.07, 6.45) is 1.07. The minimum absolute atomic E-state index is 0.0430. The minimum Gasteiger partial charge on any atom is -0.481 e. The average Bonchev–Trinajstić information content (AvgIpc) is 3.42. The van der Waals surface area contributed by atoms with Gasteiger partial charge in [0, 0.05) is 25.2 Å². The van der Waals surface area contributed by atoms with Crippen molar-refractivity contribution in [1.82, 2.24) is 9.62 Å². The first kappa shape index (κ1) is 17.8. The van der Waals surface area contributed by atoms with Crippen molar-refractivity contribution in [2.75, 3.05) is 32.8 Å². The predicted molar refractivity (Wildman–Crippen MR) is 87.7 cm³/mol. The molecule has 2 N–H and O–H groups in total. The van der Waals surface area contributed by atoms with Crippen molar-refractivity contribution < 1.29 is 27.9 Å². The summed E-state index contributed by atoms with van der Waals surface area (Å²) < 4.78 is 31.8. The third-order valence-electron chi connectivity index (χ3n) is 4.60. The van der Waals surface area contributed by atoms with Crippen LogP contribution in [0.15, 0.2) is 29.2 Å². The molecular weight excluding hydrogens is 348 g/mol. The van der Waals surface area contributed by atoms with Gasteiger partial charge >= 0.3 is 5.97 Å². The third-order valence-corrected chi connectivity index (χ3v) is 6.49. The maximum atomic E-state index is 12.6. The Morgan fingerprint density at radius 2 is 1.92 bits per heavy atom. The minimum atomic E-state index is -3.68. The molecule has 1 heterocycles. The first-order chi connectivity index (χ1) is 11.8. The number of carbonyl (C=O) groups excluding carboxylic acids is 1. The van der Waals surface area contributed by atoms with Crippen molar-refractivity contribution in [3.8, 4) is 0 Å². The Hall–Kier alpha value is -1.97. The number of rotatable bonds is 6. The van der Waals surface area contributed by atoms with Crippen LogP contribution in [-0.4, -0.2) is 62.6 Å². The fourth-order valence-corrected chi connectivity index (χ4v) is 4.16. The smallest absolute Gasteiger partial charge is 0.311 e. The number of nitrogens with zero attached hydrogens (tertiary/aromatic N) is 1. The predicted octanol–water partition coefficient (Wildman–Crippen LogP) is 0.302. The van der Waals surface area contributed by atoms with Crippen LogP contribution in [0.2, 0.25) is 0 Å². The molecule has 0 radical (unpaired) electrons. The van der Waals surface area contributed by atoms with E-state index in [9.17, 15) is 18.0 Å². The molecule has 136 valence electrons. The lowest BCUT2D eigenvalue weighted by molar-refractivity contribution is -0.143. The second-order valence-corrected chi connectivity index (χ2v) is 8.25. The first-order valence-corrected chi connectivity index (χ1v) is 9.49. The maximum absolute atomic E-state index is 12.6. The molecule has 1 aliphatic carbocycles. The van der Waals surface area contributed by atoms with Crippen molar-refractivity contribution in [3.63, 3.8) is 0 Å². The van der Waals surface area contributed by atoms with Crippen LogP contribution >= 0.6 is 0 Å². The van der Waals surface area contributed by atoms with Gasteiger partial charge in [-0.3, -0.25) is 9.59 Å². The molecule has 1 saturated heterocycles. The largest absolute Gasteiger partial charge is 0.481 e. The maximum Gasteiger partial charge on any atom is 0.311 e. The second kappa shape index (κ2) is 6.74. The second-order valence-electron chi connectivity index (χ2n) is 6.31. The summed E-state index contributed by atoms with van der Waals surface area (Å²) in [5, 5.41) is 11.7. The fourth-order valence-electron chi connectivity index (χ4n) is 2.70. The van der Waals surface area contributed by atoms with Crippen LogP contribution in [0.3, 0.4) is 0 Å². The SMILES string of the molecule is O=C(NCC1(C(=O)O)CC1)c1cccc(S(=O)(=O)N2CCOCC2)c1. The molecular formula is C16H20N2O6S. The van der Waals surface area contributed by atoms with E-state index in [4.69, 9.17) is 9.84 Å². The quantitative estimate of drug-likeness (QED) is 0.747. The molecule has 0 unspecified atom stereocenters. The highest BCUT2D eigenvalue weighted by atomic mass is 32.2. The number of ether oxygens (including phenoxy) is 1. The molecule has 2 aliphatic rings. The van der Waals surface area contributed by atoms with Gasteiger partial charge in [-0.15, -0.1) is 0 Å². The van der Waals surface area contributed by atoms with Gasteiger partial charge in [-0.2, -0.15) is 4.31 Å². The van der Waals surface area contributed by atoms with Crippen molar-refractivity contribution in [1.29, 1.82) is 0 Å². The van der Waals surface area contributed by atoms with Crippen molar-refractivity contribution in [2.45, 2.75) is 17.7 Å². The summed E-state index contributed by atoms with van der Waals surface area (Å²) in [5.41, 5.74) is -0.678. The Kier molecular flexibility index (Phi) is 4.81. The monoisotopic (exact) mass is 368 g/mol. The van der Waals surface area contributed by atoms with E-state index in [2.05, 4.69) is 5.32 Å². The molecule has 2 fully saturated rings. The van der Waals surface area contributed by atoms with Crippen LogP contribution in [0.1, 0.15) is 23.2 Å². The number of carboxylic acid groups (broad SMARTS) is 1. The molecule has 0 bridgehead atoms. The van der Waals surface area contributed by atoms with E-state index in [0.29, 0.717) is 26.1 Å². The van der Waals surface area contributed by atoms with Gasteiger partial charge in [-0.05, 0) is 31.0 Å². The van der Waals surface area contributed by atoms with E-state index in [1.807, 2.05) is 0 Å². The van der Waals surface area contributed by atoms with Gasteiger partial charge < -0.3 is 15.2 Å². The topological polar surface area (TPSA) is 113 Å². The highest BCUT2D eigenvalue weighted by molar-refractivity contribution is 7.89. The average molecular weight is 368 g/mol. The van der Waals surface area contributed by atoms with E-state index >= 15 is 0 Å². The first-order valence-electron chi connectivity index (χ1n) is 8.05. The fraction of sp³-hybridized carbons (Fsp3) is 0.500. The summed E-state index contributed by atoms with van der Waals surface area (Å²) in [6, 6.07) is 5.78. The number of hydrogen-bond donors (Lipinski definition) is 2. The van der Waals surface area contributed by atoms with Crippen LogP contribution < -0.4 is 5.32 Å². The van der Waals surface area contributed by atoms with Gasteiger partial charge in [0.2, 0.25) is 10.0 Å². The lowest BCUT2D eigenvalue weighted by Crippen LogP contribution is -2.40. The Bertz CT molecular complexity index is 782. The van der Waals surface area contributed by atoms with Gasteiger partial charge in [-0.25, -0.2) is 8.42 Å². The Labute approximate surface area is 145 Å². The van der Waals surface area contributed by atoms with E-state index < -0.39 is 27.3 Å². The van der Waals surface area contributed by atoms with Gasteiger partial charge in [0.1, 0.15) is 0 Å². The van der Waals surface area contributed by atoms with Crippen LogP contribution in [0.4, 0.5) is 0 Å². The third kappa shape index (κ3) is 3.68. The van der Waals surface area contributed by atoms with Crippen molar-refractivity contribution in [3.05, 3.63) is 29.8 Å². The molecule has 1 aromatic rings. The zero-order valence-corrected chi connectivity index (χ0v) is 14.4. The number of benzene rings is 1. The number of aliphatic carboxylic acids is 1. The molecule has 0 aromatic heterocycles. The Morgan fingerprint density at radius 1 is 1.24 bits per heavy atom. The van der Waals surface area contributed by atoms with Crippen molar-refractivity contribution in [2.24, 2.45) is 5.41 Å². The molecule has 0 spiro atoms. The number of amides is 1. The molecule has 8 nitrogen and oxygen atoms in total. The normalized spacial score (nSPS) is 20.0. The molecule has 1 saturated carbocycles. The lowest BCUT2D eigenvalue weighted by Gasteiger charge is -2.26. The highest BCUT2D eigenvalue weighted by Gasteiger charge is 2.50. The number of hydrogen-bond acceptors (Lipinski definition) is 5. The summed E-state index contributed by atoms with van der Waals surface area (Å²) >= 11 is 0. The van der Waals surface area contributed by atoms with E-state index in [1.54, 1.807) is 0 Å². The zero-order chi connectivity index (χ0) is 18.1. The van der Waals surface area contributed by atoms with Crippen molar-refractivity contribution >= 4 is 21.9 Å². The molecule has 25 heavy (non-hydrogen) atoms. The number of nitrogens with one attached hydrogen (secondary N) is 1. The molecule has 1 amide bonds. The van der Waals surface area contributed by atoms with E-state index in [-0.39, 0.29) is 30.1 Å². The molecule has 3 rings (SSSR count). The van der Waals surface area contributed by atoms with Gasteiger partial charge in [0.25, 0.3) is 5.91 Å². The lowest BCUT2D eigenvalue weighted by atomic mass is 10.1. The number of sulfonamides is 1. The standard InChI is InChI=1S/C16H20N2O6S/c19-14(17-11-16(4-5-16)15(20)21)12-2-1-3-13(10-12)25(22,23)18-6-8-24-9-7-18/h1-3,10H,4-9,11H2,(H,17,19)(H,20,21). The molecule has 9 heteroatoms. The van der Waals surface area contributed by atoms with E-state index in [1.165, 1.54) is 28.6 Å². The van der Waals surface area contributed by atoms with Gasteiger partial charge in [-0.1, -0.05) is 6.07 Å². The Morgan fingerprint density at radius 3 is 2.52 bits per heavy atom. The molecule has 1 aromatic carbocycles. The summed E-state index contributed by atoms with van der Waals surface area (Å²) in [5.74, 6) is -1.40. The highest BCUT2D eigenvalue weighted by Crippen LogP contribution is 2.45. The number of carbonyl (C=O) groups is 2. The zero-order valence-electron chi connectivity index (χ0n) is 13.6. The molecule has 0 atom stereocenters. The summed E-state index contributed by atoms with van der Waals surface area (Å²) in [4.78, 5) is 23.5.